The Morgan fingerprint density at radius 1 is 1.08 bits per heavy atom. The molecule has 0 saturated heterocycles. The molecule has 124 valence electrons. The van der Waals surface area contributed by atoms with Crippen LogP contribution in [0.2, 0.25) is 10.0 Å². The minimum atomic E-state index is -0.618. The molecule has 0 aliphatic heterocycles. The summed E-state index contributed by atoms with van der Waals surface area (Å²) in [4.78, 5) is 23.3. The summed E-state index contributed by atoms with van der Waals surface area (Å²) in [5, 5.41) is 3.77. The summed E-state index contributed by atoms with van der Waals surface area (Å²) in [6.07, 6.45) is 2.76. The van der Waals surface area contributed by atoms with Crippen molar-refractivity contribution in [1.29, 1.82) is 0 Å². The number of halogens is 2. The van der Waals surface area contributed by atoms with Gasteiger partial charge in [0.15, 0.2) is 6.61 Å². The number of hydrogen-bond acceptors (Lipinski definition) is 3. The molecule has 0 aromatic heterocycles. The molecule has 0 spiro atoms. The van der Waals surface area contributed by atoms with Crippen molar-refractivity contribution >= 4 is 41.2 Å². The summed E-state index contributed by atoms with van der Waals surface area (Å²) < 4.78 is 4.87. The Bertz CT molecular complexity index is 759. The number of amides is 1. The third kappa shape index (κ3) is 6.07. The number of hydrogen-bond donors (Lipinski definition) is 1. The van der Waals surface area contributed by atoms with Crippen molar-refractivity contribution in [2.24, 2.45) is 0 Å². The van der Waals surface area contributed by atoms with E-state index in [0.29, 0.717) is 22.2 Å². The maximum absolute atomic E-state index is 11.7. The average molecular weight is 364 g/mol. The summed E-state index contributed by atoms with van der Waals surface area (Å²) in [6.45, 7) is -0.0430. The molecule has 0 atom stereocenters. The Balaban J connectivity index is 1.75. The van der Waals surface area contributed by atoms with Gasteiger partial charge in [0, 0.05) is 22.7 Å². The second-order valence-corrected chi connectivity index (χ2v) is 5.71. The van der Waals surface area contributed by atoms with E-state index in [9.17, 15) is 9.59 Å². The van der Waals surface area contributed by atoms with Crippen molar-refractivity contribution < 1.29 is 14.3 Å². The van der Waals surface area contributed by atoms with Gasteiger partial charge in [-0.2, -0.15) is 0 Å². The summed E-state index contributed by atoms with van der Waals surface area (Å²) >= 11 is 11.8. The van der Waals surface area contributed by atoms with Crippen LogP contribution < -0.4 is 5.32 Å². The van der Waals surface area contributed by atoms with Gasteiger partial charge in [0.25, 0.3) is 5.91 Å². The van der Waals surface area contributed by atoms with Crippen LogP contribution in [0.1, 0.15) is 11.1 Å². The molecule has 0 bridgehead atoms. The second-order valence-electron chi connectivity index (χ2n) is 4.87. The molecule has 1 N–H and O–H groups in total. The van der Waals surface area contributed by atoms with Gasteiger partial charge in [-0.3, -0.25) is 4.79 Å². The van der Waals surface area contributed by atoms with E-state index in [-0.39, 0.29) is 6.61 Å². The highest BCUT2D eigenvalue weighted by Crippen LogP contribution is 2.16. The van der Waals surface area contributed by atoms with E-state index in [1.54, 1.807) is 42.5 Å². The van der Waals surface area contributed by atoms with Crippen LogP contribution in [0.15, 0.2) is 54.6 Å². The standard InChI is InChI=1S/C18H15Cl2NO3/c19-15-6-3-4-13(10-15)11-21-17(22)12-24-18(23)9-8-14-5-1-2-7-16(14)20/h1-10H,11-12H2,(H,21,22)/b9-8+. The monoisotopic (exact) mass is 363 g/mol. The first-order valence-electron chi connectivity index (χ1n) is 7.15. The van der Waals surface area contributed by atoms with Crippen LogP contribution in [-0.2, 0) is 20.9 Å². The number of ether oxygens (including phenoxy) is 1. The van der Waals surface area contributed by atoms with Crippen molar-refractivity contribution in [2.75, 3.05) is 6.61 Å². The number of carbonyl (C=O) groups is 2. The van der Waals surface area contributed by atoms with Crippen LogP contribution in [-0.4, -0.2) is 18.5 Å². The van der Waals surface area contributed by atoms with Crippen LogP contribution in [0.4, 0.5) is 0 Å². The molecule has 0 radical (unpaired) electrons. The fourth-order valence-electron chi connectivity index (χ4n) is 1.85. The van der Waals surface area contributed by atoms with Gasteiger partial charge < -0.3 is 10.1 Å². The molecule has 2 aromatic carbocycles. The Morgan fingerprint density at radius 3 is 2.62 bits per heavy atom. The van der Waals surface area contributed by atoms with Gasteiger partial charge in [-0.1, -0.05) is 53.5 Å². The maximum Gasteiger partial charge on any atom is 0.331 e. The molecule has 24 heavy (non-hydrogen) atoms. The number of rotatable bonds is 6. The first-order chi connectivity index (χ1) is 11.5. The van der Waals surface area contributed by atoms with Crippen molar-refractivity contribution in [3.63, 3.8) is 0 Å². The highest BCUT2D eigenvalue weighted by molar-refractivity contribution is 6.32. The fourth-order valence-corrected chi connectivity index (χ4v) is 2.26. The lowest BCUT2D eigenvalue weighted by Gasteiger charge is -2.06. The van der Waals surface area contributed by atoms with Crippen molar-refractivity contribution in [3.05, 3.63) is 75.8 Å². The van der Waals surface area contributed by atoms with Gasteiger partial charge in [0.2, 0.25) is 0 Å². The minimum absolute atomic E-state index is 0.312. The van der Waals surface area contributed by atoms with E-state index < -0.39 is 11.9 Å². The first-order valence-corrected chi connectivity index (χ1v) is 7.91. The number of benzene rings is 2. The average Bonchev–Trinajstić information content (AvgIpc) is 2.57. The topological polar surface area (TPSA) is 55.4 Å². The Morgan fingerprint density at radius 2 is 1.88 bits per heavy atom. The van der Waals surface area contributed by atoms with E-state index >= 15 is 0 Å². The minimum Gasteiger partial charge on any atom is -0.452 e. The molecule has 0 heterocycles. The van der Waals surface area contributed by atoms with Crippen LogP contribution >= 0.6 is 23.2 Å². The molecule has 0 aliphatic rings. The van der Waals surface area contributed by atoms with Gasteiger partial charge in [-0.15, -0.1) is 0 Å². The molecule has 0 saturated carbocycles. The van der Waals surface area contributed by atoms with Gasteiger partial charge in [0.1, 0.15) is 0 Å². The predicted molar refractivity (Wildman–Crippen MR) is 94.7 cm³/mol. The molecular formula is C18H15Cl2NO3. The zero-order valence-electron chi connectivity index (χ0n) is 12.7. The zero-order valence-corrected chi connectivity index (χ0v) is 14.2. The van der Waals surface area contributed by atoms with Crippen LogP contribution in [0, 0.1) is 0 Å². The number of esters is 1. The summed E-state index contributed by atoms with van der Waals surface area (Å²) in [5.41, 5.74) is 1.56. The summed E-state index contributed by atoms with van der Waals surface area (Å²) in [6, 6.07) is 14.2. The Hall–Kier alpha value is -2.30. The van der Waals surface area contributed by atoms with E-state index in [2.05, 4.69) is 5.32 Å². The van der Waals surface area contributed by atoms with Gasteiger partial charge in [0.05, 0.1) is 0 Å². The largest absolute Gasteiger partial charge is 0.452 e. The molecule has 0 unspecified atom stereocenters. The SMILES string of the molecule is O=C(COC(=O)/C=C/c1ccccc1Cl)NCc1cccc(Cl)c1. The van der Waals surface area contributed by atoms with Crippen molar-refractivity contribution in [1.82, 2.24) is 5.32 Å². The molecule has 2 aromatic rings. The van der Waals surface area contributed by atoms with E-state index in [1.165, 1.54) is 12.2 Å². The maximum atomic E-state index is 11.7. The van der Waals surface area contributed by atoms with Crippen LogP contribution in [0.5, 0.6) is 0 Å². The number of carbonyl (C=O) groups excluding carboxylic acids is 2. The van der Waals surface area contributed by atoms with Crippen LogP contribution in [0.3, 0.4) is 0 Å². The highest BCUT2D eigenvalue weighted by atomic mass is 35.5. The normalized spacial score (nSPS) is 10.6. The molecule has 1 amide bonds. The predicted octanol–water partition coefficient (Wildman–Crippen LogP) is 3.87. The zero-order chi connectivity index (χ0) is 17.4. The molecule has 0 aliphatic carbocycles. The molecule has 2 rings (SSSR count). The quantitative estimate of drug-likeness (QED) is 0.626. The third-order valence-electron chi connectivity index (χ3n) is 3.03. The van der Waals surface area contributed by atoms with Crippen molar-refractivity contribution in [2.45, 2.75) is 6.54 Å². The van der Waals surface area contributed by atoms with E-state index in [1.807, 2.05) is 6.07 Å². The van der Waals surface area contributed by atoms with E-state index in [0.717, 1.165) is 5.56 Å². The number of nitrogens with one attached hydrogen (secondary N) is 1. The second kappa shape index (κ2) is 9.11. The summed E-state index contributed by atoms with van der Waals surface area (Å²) in [7, 11) is 0. The highest BCUT2D eigenvalue weighted by Gasteiger charge is 2.05. The molecule has 4 nitrogen and oxygen atoms in total. The lowest BCUT2D eigenvalue weighted by Crippen LogP contribution is -2.28. The summed E-state index contributed by atoms with van der Waals surface area (Å²) in [5.74, 6) is -1.01. The molecular weight excluding hydrogens is 349 g/mol. The van der Waals surface area contributed by atoms with Crippen LogP contribution in [0.25, 0.3) is 6.08 Å². The van der Waals surface area contributed by atoms with Gasteiger partial charge >= 0.3 is 5.97 Å². The van der Waals surface area contributed by atoms with Gasteiger partial charge in [-0.25, -0.2) is 4.79 Å². The van der Waals surface area contributed by atoms with Crippen molar-refractivity contribution in [3.8, 4) is 0 Å². The third-order valence-corrected chi connectivity index (χ3v) is 3.61. The molecule has 0 fully saturated rings. The first kappa shape index (κ1) is 18.0. The Labute approximate surface area is 150 Å². The van der Waals surface area contributed by atoms with Gasteiger partial charge in [-0.05, 0) is 35.4 Å². The lowest BCUT2D eigenvalue weighted by atomic mass is 10.2. The van der Waals surface area contributed by atoms with E-state index in [4.69, 9.17) is 27.9 Å². The lowest BCUT2D eigenvalue weighted by molar-refractivity contribution is -0.143. The Kier molecular flexibility index (Phi) is 6.85. The smallest absolute Gasteiger partial charge is 0.331 e. The fraction of sp³-hybridized carbons (Fsp3) is 0.111. The molecule has 6 heteroatoms.